The van der Waals surface area contributed by atoms with E-state index in [1.54, 1.807) is 31.2 Å². The number of carbonyl (C=O) groups is 3. The molecule has 0 spiro atoms. The predicted octanol–water partition coefficient (Wildman–Crippen LogP) is 1.86. The fraction of sp³-hybridized carbons (Fsp3) is 0.500. The Morgan fingerprint density at radius 1 is 1.04 bits per heavy atom. The molecule has 2 aliphatic rings. The van der Waals surface area contributed by atoms with E-state index >= 15 is 0 Å². The number of rotatable bonds is 4. The number of nitrogens with zero attached hydrogens (tertiary/aromatic N) is 2. The molecule has 3 rings (SSSR count). The van der Waals surface area contributed by atoms with Gasteiger partial charge in [-0.15, -0.1) is 0 Å². The molecule has 6 nitrogen and oxygen atoms in total. The molecule has 0 aliphatic carbocycles. The first-order valence-electron chi connectivity index (χ1n) is 8.55. The van der Waals surface area contributed by atoms with Crippen LogP contribution in [0, 0.1) is 0 Å². The van der Waals surface area contributed by atoms with Gasteiger partial charge in [0.2, 0.25) is 5.91 Å². The monoisotopic (exact) mass is 329 g/mol. The minimum atomic E-state index is -1.33. The van der Waals surface area contributed by atoms with Crippen LogP contribution < -0.4 is 5.32 Å². The average molecular weight is 329 g/mol. The Kier molecular flexibility index (Phi) is 4.66. The highest BCUT2D eigenvalue weighted by molar-refractivity contribution is 6.22. The Bertz CT molecular complexity index is 640. The topological polar surface area (TPSA) is 69.7 Å². The third kappa shape index (κ3) is 2.71. The van der Waals surface area contributed by atoms with Crippen LogP contribution in [0.5, 0.6) is 0 Å². The zero-order valence-corrected chi connectivity index (χ0v) is 14.0. The lowest BCUT2D eigenvalue weighted by Crippen LogP contribution is -2.67. The first-order chi connectivity index (χ1) is 11.6. The van der Waals surface area contributed by atoms with Gasteiger partial charge in [0.15, 0.2) is 5.41 Å². The Morgan fingerprint density at radius 3 is 2.33 bits per heavy atom. The number of barbiturate groups is 1. The lowest BCUT2D eigenvalue weighted by Gasteiger charge is -2.41. The van der Waals surface area contributed by atoms with Gasteiger partial charge in [-0.2, -0.15) is 0 Å². The zero-order chi connectivity index (χ0) is 17.2. The summed E-state index contributed by atoms with van der Waals surface area (Å²) in [5.41, 5.74) is -0.698. The van der Waals surface area contributed by atoms with Gasteiger partial charge in [0.05, 0.1) is 6.67 Å². The summed E-state index contributed by atoms with van der Waals surface area (Å²) < 4.78 is 0. The maximum atomic E-state index is 13.2. The lowest BCUT2D eigenvalue weighted by molar-refractivity contribution is -0.147. The van der Waals surface area contributed by atoms with E-state index in [1.165, 1.54) is 11.3 Å². The largest absolute Gasteiger partial charge is 0.331 e. The summed E-state index contributed by atoms with van der Waals surface area (Å²) in [6.07, 6.45) is 3.63. The third-order valence-corrected chi connectivity index (χ3v) is 5.05. The standard InChI is InChI=1S/C18H23N3O3/c1-2-18(14-9-5-3-6-10-14)15(22)19-17(24)21(16(18)23)13-20-11-7-4-8-12-20/h3,5-6,9-10H,2,4,7-8,11-13H2,1H3,(H,19,22,24). The second-order valence-electron chi connectivity index (χ2n) is 6.44. The van der Waals surface area contributed by atoms with Gasteiger partial charge in [-0.1, -0.05) is 43.7 Å². The molecule has 1 aromatic carbocycles. The molecule has 128 valence electrons. The van der Waals surface area contributed by atoms with Crippen LogP contribution in [-0.4, -0.2) is 47.4 Å². The van der Waals surface area contributed by atoms with Crippen molar-refractivity contribution >= 4 is 17.8 Å². The van der Waals surface area contributed by atoms with E-state index in [0.29, 0.717) is 12.0 Å². The van der Waals surface area contributed by atoms with Gasteiger partial charge >= 0.3 is 6.03 Å². The van der Waals surface area contributed by atoms with E-state index in [2.05, 4.69) is 10.2 Å². The predicted molar refractivity (Wildman–Crippen MR) is 89.1 cm³/mol. The first kappa shape index (κ1) is 16.6. The number of urea groups is 1. The molecule has 0 radical (unpaired) electrons. The normalized spacial score (nSPS) is 25.7. The van der Waals surface area contributed by atoms with Crippen molar-refractivity contribution in [2.45, 2.75) is 38.0 Å². The molecular formula is C18H23N3O3. The minimum Gasteiger partial charge on any atom is -0.286 e. The number of nitrogens with one attached hydrogen (secondary N) is 1. The van der Waals surface area contributed by atoms with Crippen LogP contribution in [0.4, 0.5) is 4.79 Å². The molecule has 2 heterocycles. The van der Waals surface area contributed by atoms with Gasteiger partial charge in [-0.05, 0) is 37.9 Å². The van der Waals surface area contributed by atoms with Gasteiger partial charge in [0.1, 0.15) is 0 Å². The zero-order valence-electron chi connectivity index (χ0n) is 14.0. The maximum absolute atomic E-state index is 13.2. The summed E-state index contributed by atoms with van der Waals surface area (Å²) in [5.74, 6) is -0.948. The summed E-state index contributed by atoms with van der Waals surface area (Å²) >= 11 is 0. The van der Waals surface area contributed by atoms with Crippen molar-refractivity contribution in [3.63, 3.8) is 0 Å². The molecule has 2 saturated heterocycles. The molecule has 4 amide bonds. The number of carbonyl (C=O) groups excluding carboxylic acids is 3. The number of piperidine rings is 1. The first-order valence-corrected chi connectivity index (χ1v) is 8.55. The molecule has 2 aliphatic heterocycles. The highest BCUT2D eigenvalue weighted by Gasteiger charge is 2.54. The summed E-state index contributed by atoms with van der Waals surface area (Å²) in [4.78, 5) is 41.4. The molecule has 2 fully saturated rings. The Balaban J connectivity index is 1.92. The van der Waals surface area contributed by atoms with E-state index in [4.69, 9.17) is 0 Å². The second-order valence-corrected chi connectivity index (χ2v) is 6.44. The van der Waals surface area contributed by atoms with E-state index in [-0.39, 0.29) is 6.67 Å². The minimum absolute atomic E-state index is 0.243. The number of imide groups is 2. The SMILES string of the molecule is CCC1(c2ccccc2)C(=O)NC(=O)N(CN2CCCCC2)C1=O. The third-order valence-electron chi connectivity index (χ3n) is 5.05. The van der Waals surface area contributed by atoms with E-state index < -0.39 is 23.3 Å². The number of likely N-dealkylation sites (tertiary alicyclic amines) is 1. The van der Waals surface area contributed by atoms with Crippen LogP contribution in [0.2, 0.25) is 0 Å². The maximum Gasteiger partial charge on any atom is 0.331 e. The molecule has 1 aromatic rings. The molecule has 1 unspecified atom stereocenters. The van der Waals surface area contributed by atoms with Gasteiger partial charge in [0.25, 0.3) is 5.91 Å². The quantitative estimate of drug-likeness (QED) is 0.856. The van der Waals surface area contributed by atoms with Crippen molar-refractivity contribution in [2.24, 2.45) is 0 Å². The van der Waals surface area contributed by atoms with E-state index in [9.17, 15) is 14.4 Å². The fourth-order valence-electron chi connectivity index (χ4n) is 3.61. The van der Waals surface area contributed by atoms with Crippen molar-refractivity contribution in [3.8, 4) is 0 Å². The van der Waals surface area contributed by atoms with Crippen LogP contribution >= 0.6 is 0 Å². The average Bonchev–Trinajstić information content (AvgIpc) is 2.61. The number of benzene rings is 1. The number of amides is 4. The molecule has 6 heteroatoms. The summed E-state index contributed by atoms with van der Waals surface area (Å²) in [5, 5.41) is 2.39. The van der Waals surface area contributed by atoms with E-state index in [0.717, 1.165) is 25.9 Å². The van der Waals surface area contributed by atoms with Gasteiger partial charge in [-0.3, -0.25) is 19.8 Å². The van der Waals surface area contributed by atoms with Crippen LogP contribution in [0.3, 0.4) is 0 Å². The van der Waals surface area contributed by atoms with Crippen molar-refractivity contribution in [1.29, 1.82) is 0 Å². The van der Waals surface area contributed by atoms with Gasteiger partial charge in [0, 0.05) is 0 Å². The van der Waals surface area contributed by atoms with Crippen LogP contribution in [-0.2, 0) is 15.0 Å². The number of hydrogen-bond donors (Lipinski definition) is 1. The fourth-order valence-corrected chi connectivity index (χ4v) is 3.61. The van der Waals surface area contributed by atoms with Gasteiger partial charge < -0.3 is 0 Å². The van der Waals surface area contributed by atoms with Crippen molar-refractivity contribution in [2.75, 3.05) is 19.8 Å². The molecule has 0 bridgehead atoms. The van der Waals surface area contributed by atoms with Crippen LogP contribution in [0.15, 0.2) is 30.3 Å². The highest BCUT2D eigenvalue weighted by atomic mass is 16.2. The van der Waals surface area contributed by atoms with Crippen molar-refractivity contribution in [1.82, 2.24) is 15.1 Å². The van der Waals surface area contributed by atoms with Crippen LogP contribution in [0.1, 0.15) is 38.2 Å². The molecular weight excluding hydrogens is 306 g/mol. The molecule has 0 saturated carbocycles. The summed E-state index contributed by atoms with van der Waals surface area (Å²) in [6, 6.07) is 8.38. The Hall–Kier alpha value is -2.21. The van der Waals surface area contributed by atoms with Crippen molar-refractivity contribution < 1.29 is 14.4 Å². The number of hydrogen-bond acceptors (Lipinski definition) is 4. The van der Waals surface area contributed by atoms with Gasteiger partial charge in [-0.25, -0.2) is 9.69 Å². The van der Waals surface area contributed by atoms with Crippen molar-refractivity contribution in [3.05, 3.63) is 35.9 Å². The van der Waals surface area contributed by atoms with E-state index in [1.807, 2.05) is 6.07 Å². The van der Waals surface area contributed by atoms with Crippen LogP contribution in [0.25, 0.3) is 0 Å². The Morgan fingerprint density at radius 2 is 1.71 bits per heavy atom. The summed E-state index contributed by atoms with van der Waals surface area (Å²) in [6.45, 7) is 3.79. The smallest absolute Gasteiger partial charge is 0.286 e. The molecule has 1 N–H and O–H groups in total. The highest BCUT2D eigenvalue weighted by Crippen LogP contribution is 2.33. The summed E-state index contributed by atoms with van der Waals surface area (Å²) in [7, 11) is 0. The second kappa shape index (κ2) is 6.73. The lowest BCUT2D eigenvalue weighted by atomic mass is 9.75. The molecule has 24 heavy (non-hydrogen) atoms. The Labute approximate surface area is 141 Å². The molecule has 1 atom stereocenters. The molecule has 0 aromatic heterocycles.